The summed E-state index contributed by atoms with van der Waals surface area (Å²) in [5.41, 5.74) is 6.97. The van der Waals surface area contributed by atoms with E-state index < -0.39 is 6.10 Å². The van der Waals surface area contributed by atoms with Crippen molar-refractivity contribution in [1.29, 1.82) is 0 Å². The quantitative estimate of drug-likeness (QED) is 0.807. The topological polar surface area (TPSA) is 62.0 Å². The van der Waals surface area contributed by atoms with Gasteiger partial charge in [0, 0.05) is 25.7 Å². The standard InChI is InChI=1S/C19H30ClN3O2/c1-22-10-6-15(7-11-22)25-18-5-4-14(12-16(18)20)19(24)17(21)13-23-8-2-3-9-23/h4-5,12,15,17,19,24H,2-3,6-11,13,21H2,1H3/t17-,19?/m1/s1. The van der Waals surface area contributed by atoms with Crippen molar-refractivity contribution in [2.75, 3.05) is 39.8 Å². The zero-order chi connectivity index (χ0) is 17.8. The number of piperidine rings is 1. The minimum atomic E-state index is -0.713. The van der Waals surface area contributed by atoms with Crippen LogP contribution in [0.25, 0.3) is 0 Å². The van der Waals surface area contributed by atoms with Gasteiger partial charge in [0.25, 0.3) is 0 Å². The molecule has 0 amide bonds. The zero-order valence-corrected chi connectivity index (χ0v) is 15.8. The number of likely N-dealkylation sites (tertiary alicyclic amines) is 2. The smallest absolute Gasteiger partial charge is 0.138 e. The van der Waals surface area contributed by atoms with Gasteiger partial charge in [0.15, 0.2) is 0 Å². The first-order valence-electron chi connectivity index (χ1n) is 9.33. The van der Waals surface area contributed by atoms with Crippen LogP contribution in [0.4, 0.5) is 0 Å². The first-order valence-corrected chi connectivity index (χ1v) is 9.71. The van der Waals surface area contributed by atoms with E-state index in [1.165, 1.54) is 12.8 Å². The Morgan fingerprint density at radius 3 is 2.56 bits per heavy atom. The van der Waals surface area contributed by atoms with E-state index in [1.54, 1.807) is 6.07 Å². The number of hydrogen-bond donors (Lipinski definition) is 2. The molecule has 2 saturated heterocycles. The molecule has 25 heavy (non-hydrogen) atoms. The van der Waals surface area contributed by atoms with Gasteiger partial charge in [-0.1, -0.05) is 17.7 Å². The number of nitrogens with zero attached hydrogens (tertiary/aromatic N) is 2. The molecule has 2 atom stereocenters. The van der Waals surface area contributed by atoms with Crippen molar-refractivity contribution >= 4 is 11.6 Å². The molecular weight excluding hydrogens is 338 g/mol. The van der Waals surface area contributed by atoms with Crippen LogP contribution in [0.15, 0.2) is 18.2 Å². The molecule has 0 radical (unpaired) electrons. The molecule has 1 aromatic carbocycles. The number of ether oxygens (including phenoxy) is 1. The summed E-state index contributed by atoms with van der Waals surface area (Å²) in [6, 6.07) is 5.22. The Labute approximate surface area is 155 Å². The molecule has 1 aromatic rings. The van der Waals surface area contributed by atoms with Gasteiger partial charge in [0.1, 0.15) is 11.9 Å². The third-order valence-electron chi connectivity index (χ3n) is 5.33. The van der Waals surface area contributed by atoms with Crippen LogP contribution in [0.2, 0.25) is 5.02 Å². The fourth-order valence-corrected chi connectivity index (χ4v) is 3.92. The summed E-state index contributed by atoms with van der Waals surface area (Å²) in [6.07, 6.45) is 3.96. The second kappa shape index (κ2) is 8.69. The van der Waals surface area contributed by atoms with E-state index in [4.69, 9.17) is 22.1 Å². The summed E-state index contributed by atoms with van der Waals surface area (Å²) >= 11 is 6.40. The maximum Gasteiger partial charge on any atom is 0.138 e. The first kappa shape index (κ1) is 18.9. The molecule has 0 spiro atoms. The van der Waals surface area contributed by atoms with Crippen molar-refractivity contribution in [1.82, 2.24) is 9.80 Å². The fourth-order valence-electron chi connectivity index (χ4n) is 3.69. The maximum atomic E-state index is 10.6. The van der Waals surface area contributed by atoms with Gasteiger partial charge >= 0.3 is 0 Å². The van der Waals surface area contributed by atoms with Gasteiger partial charge in [-0.3, -0.25) is 0 Å². The predicted octanol–water partition coefficient (Wildman–Crippen LogP) is 2.27. The Morgan fingerprint density at radius 1 is 1.24 bits per heavy atom. The third-order valence-corrected chi connectivity index (χ3v) is 5.63. The number of aliphatic hydroxyl groups excluding tert-OH is 1. The Hall–Kier alpha value is -0.850. The highest BCUT2D eigenvalue weighted by molar-refractivity contribution is 6.32. The number of benzene rings is 1. The van der Waals surface area contributed by atoms with Gasteiger partial charge in [-0.15, -0.1) is 0 Å². The van der Waals surface area contributed by atoms with Crippen molar-refractivity contribution in [3.05, 3.63) is 28.8 Å². The van der Waals surface area contributed by atoms with E-state index in [0.717, 1.165) is 44.6 Å². The first-order chi connectivity index (χ1) is 12.0. The zero-order valence-electron chi connectivity index (χ0n) is 15.0. The average molecular weight is 368 g/mol. The van der Waals surface area contributed by atoms with Gasteiger partial charge in [-0.05, 0) is 63.5 Å². The highest BCUT2D eigenvalue weighted by Crippen LogP contribution is 2.31. The van der Waals surface area contributed by atoms with E-state index in [-0.39, 0.29) is 12.1 Å². The van der Waals surface area contributed by atoms with E-state index >= 15 is 0 Å². The molecule has 3 N–H and O–H groups in total. The molecule has 2 aliphatic heterocycles. The number of aliphatic hydroxyl groups is 1. The lowest BCUT2D eigenvalue weighted by atomic mass is 10.0. The van der Waals surface area contributed by atoms with Crippen LogP contribution < -0.4 is 10.5 Å². The van der Waals surface area contributed by atoms with Crippen LogP contribution in [0.1, 0.15) is 37.4 Å². The Morgan fingerprint density at radius 2 is 1.92 bits per heavy atom. The largest absolute Gasteiger partial charge is 0.489 e. The van der Waals surface area contributed by atoms with Gasteiger partial charge in [0.05, 0.1) is 11.1 Å². The van der Waals surface area contributed by atoms with Crippen LogP contribution in [0.3, 0.4) is 0 Å². The van der Waals surface area contributed by atoms with Gasteiger partial charge in [-0.2, -0.15) is 0 Å². The van der Waals surface area contributed by atoms with E-state index in [9.17, 15) is 5.11 Å². The van der Waals surface area contributed by atoms with E-state index in [2.05, 4.69) is 16.8 Å². The summed E-state index contributed by atoms with van der Waals surface area (Å²) < 4.78 is 6.06. The minimum absolute atomic E-state index is 0.210. The van der Waals surface area contributed by atoms with Gasteiger partial charge < -0.3 is 25.4 Å². The molecule has 0 aliphatic carbocycles. The Balaban J connectivity index is 1.58. The molecule has 6 heteroatoms. The van der Waals surface area contributed by atoms with E-state index in [0.29, 0.717) is 17.3 Å². The molecule has 140 valence electrons. The van der Waals surface area contributed by atoms with Crippen molar-refractivity contribution < 1.29 is 9.84 Å². The van der Waals surface area contributed by atoms with Gasteiger partial charge in [-0.25, -0.2) is 0 Å². The monoisotopic (exact) mass is 367 g/mol. The molecule has 2 heterocycles. The second-order valence-electron chi connectivity index (χ2n) is 7.43. The number of rotatable bonds is 6. The predicted molar refractivity (Wildman–Crippen MR) is 101 cm³/mol. The fraction of sp³-hybridized carbons (Fsp3) is 0.684. The summed E-state index contributed by atoms with van der Waals surface area (Å²) in [4.78, 5) is 4.62. The van der Waals surface area contributed by atoms with Crippen molar-refractivity contribution in [2.24, 2.45) is 5.73 Å². The molecule has 0 saturated carbocycles. The van der Waals surface area contributed by atoms with Crippen molar-refractivity contribution in [2.45, 2.75) is 43.9 Å². The molecular formula is C19H30ClN3O2. The molecule has 5 nitrogen and oxygen atoms in total. The molecule has 0 aromatic heterocycles. The molecule has 2 fully saturated rings. The summed E-state index contributed by atoms with van der Waals surface area (Å²) in [6.45, 7) is 4.95. The highest BCUT2D eigenvalue weighted by Gasteiger charge is 2.23. The maximum absolute atomic E-state index is 10.6. The van der Waals surface area contributed by atoms with Crippen LogP contribution in [-0.2, 0) is 0 Å². The lowest BCUT2D eigenvalue weighted by molar-refractivity contribution is 0.113. The lowest BCUT2D eigenvalue weighted by Crippen LogP contribution is -2.40. The summed E-state index contributed by atoms with van der Waals surface area (Å²) in [5, 5.41) is 11.1. The third kappa shape index (κ3) is 5.08. The average Bonchev–Trinajstić information content (AvgIpc) is 3.11. The molecule has 1 unspecified atom stereocenters. The number of halogens is 1. The summed E-state index contributed by atoms with van der Waals surface area (Å²) in [5.74, 6) is 0.695. The Kier molecular flexibility index (Phi) is 6.58. The highest BCUT2D eigenvalue weighted by atomic mass is 35.5. The minimum Gasteiger partial charge on any atom is -0.489 e. The van der Waals surface area contributed by atoms with Crippen molar-refractivity contribution in [3.63, 3.8) is 0 Å². The number of hydrogen-bond acceptors (Lipinski definition) is 5. The van der Waals surface area contributed by atoms with Crippen LogP contribution in [0.5, 0.6) is 5.75 Å². The van der Waals surface area contributed by atoms with Crippen LogP contribution in [0, 0.1) is 0 Å². The van der Waals surface area contributed by atoms with Crippen LogP contribution >= 0.6 is 11.6 Å². The molecule has 0 bridgehead atoms. The lowest BCUT2D eigenvalue weighted by Gasteiger charge is -2.29. The number of nitrogens with two attached hydrogens (primary N) is 1. The van der Waals surface area contributed by atoms with Gasteiger partial charge in [0.2, 0.25) is 0 Å². The Bertz CT molecular complexity index is 558. The van der Waals surface area contributed by atoms with Crippen LogP contribution in [-0.4, -0.2) is 66.8 Å². The molecule has 3 rings (SSSR count). The van der Waals surface area contributed by atoms with Crippen molar-refractivity contribution in [3.8, 4) is 5.75 Å². The normalized spacial score (nSPS) is 22.9. The second-order valence-corrected chi connectivity index (χ2v) is 7.83. The summed E-state index contributed by atoms with van der Waals surface area (Å²) in [7, 11) is 2.13. The van der Waals surface area contributed by atoms with E-state index in [1.807, 2.05) is 12.1 Å². The SMILES string of the molecule is CN1CCC(Oc2ccc(C(O)[C@H](N)CN3CCCC3)cc2Cl)CC1. The molecule has 2 aliphatic rings.